The van der Waals surface area contributed by atoms with Crippen molar-refractivity contribution in [1.29, 1.82) is 0 Å². The minimum atomic E-state index is -3.49. The lowest BCUT2D eigenvalue weighted by atomic mass is 9.99. The zero-order valence-corrected chi connectivity index (χ0v) is 17.8. The average Bonchev–Trinajstić information content (AvgIpc) is 3.42. The van der Waals surface area contributed by atoms with Crippen LogP contribution in [-0.2, 0) is 21.4 Å². The quantitative estimate of drug-likeness (QED) is 0.584. The van der Waals surface area contributed by atoms with Crippen molar-refractivity contribution < 1.29 is 13.2 Å². The van der Waals surface area contributed by atoms with Gasteiger partial charge in [0.15, 0.2) is 0 Å². The second kappa shape index (κ2) is 8.69. The Labute approximate surface area is 175 Å². The number of rotatable bonds is 7. The summed E-state index contributed by atoms with van der Waals surface area (Å²) >= 11 is 1.22. The number of nitrogens with one attached hydrogen (secondary N) is 1. The summed E-state index contributed by atoms with van der Waals surface area (Å²) in [6.45, 7) is 2.15. The number of amides is 1. The number of para-hydroxylation sites is 1. The van der Waals surface area contributed by atoms with Crippen LogP contribution in [0, 0.1) is 5.92 Å². The Bertz CT molecular complexity index is 1070. The van der Waals surface area contributed by atoms with E-state index in [0.29, 0.717) is 23.7 Å². The second-order valence-electron chi connectivity index (χ2n) is 7.35. The van der Waals surface area contributed by atoms with E-state index in [1.54, 1.807) is 17.5 Å². The van der Waals surface area contributed by atoms with Gasteiger partial charge >= 0.3 is 0 Å². The number of hydrogen-bond acceptors (Lipinski definition) is 4. The molecule has 1 atom stereocenters. The first-order valence-corrected chi connectivity index (χ1v) is 12.2. The van der Waals surface area contributed by atoms with Gasteiger partial charge < -0.3 is 9.88 Å². The monoisotopic (exact) mass is 431 g/mol. The summed E-state index contributed by atoms with van der Waals surface area (Å²) in [5.74, 6) is -0.334. The predicted molar refractivity (Wildman–Crippen MR) is 115 cm³/mol. The zero-order valence-electron chi connectivity index (χ0n) is 16.2. The van der Waals surface area contributed by atoms with Crippen LogP contribution in [0.1, 0.15) is 19.3 Å². The highest BCUT2D eigenvalue weighted by atomic mass is 32.2. The van der Waals surface area contributed by atoms with Gasteiger partial charge in [-0.25, -0.2) is 8.42 Å². The Morgan fingerprint density at radius 3 is 2.86 bits per heavy atom. The average molecular weight is 432 g/mol. The lowest BCUT2D eigenvalue weighted by Gasteiger charge is -2.30. The molecule has 1 N–H and O–H groups in total. The molecule has 0 aliphatic carbocycles. The van der Waals surface area contributed by atoms with E-state index in [4.69, 9.17) is 0 Å². The van der Waals surface area contributed by atoms with Crippen LogP contribution in [0.2, 0.25) is 0 Å². The van der Waals surface area contributed by atoms with Crippen LogP contribution in [0.25, 0.3) is 10.9 Å². The normalized spacial score (nSPS) is 18.1. The van der Waals surface area contributed by atoms with Crippen molar-refractivity contribution in [3.63, 3.8) is 0 Å². The van der Waals surface area contributed by atoms with E-state index in [1.807, 2.05) is 12.1 Å². The van der Waals surface area contributed by atoms with Crippen LogP contribution in [0.5, 0.6) is 0 Å². The van der Waals surface area contributed by atoms with Gasteiger partial charge in [-0.15, -0.1) is 11.3 Å². The van der Waals surface area contributed by atoms with E-state index in [9.17, 15) is 13.2 Å². The molecule has 6 nitrogen and oxygen atoms in total. The van der Waals surface area contributed by atoms with Gasteiger partial charge in [-0.1, -0.05) is 24.3 Å². The van der Waals surface area contributed by atoms with Gasteiger partial charge in [-0.2, -0.15) is 4.31 Å². The minimum Gasteiger partial charge on any atom is -0.356 e. The number of sulfonamides is 1. The number of carbonyl (C=O) groups excluding carboxylic acids is 1. The first-order valence-electron chi connectivity index (χ1n) is 9.91. The van der Waals surface area contributed by atoms with Crippen molar-refractivity contribution in [2.75, 3.05) is 19.6 Å². The van der Waals surface area contributed by atoms with Gasteiger partial charge in [-0.05, 0) is 48.2 Å². The topological polar surface area (TPSA) is 71.4 Å². The molecule has 8 heteroatoms. The fourth-order valence-corrected chi connectivity index (χ4v) is 6.52. The third kappa shape index (κ3) is 4.39. The molecule has 1 aliphatic heterocycles. The van der Waals surface area contributed by atoms with Crippen LogP contribution in [0.3, 0.4) is 0 Å². The molecule has 154 valence electrons. The number of benzene rings is 1. The first-order chi connectivity index (χ1) is 14.1. The number of piperidine rings is 1. The van der Waals surface area contributed by atoms with Crippen molar-refractivity contribution in [1.82, 2.24) is 14.2 Å². The predicted octanol–water partition coefficient (Wildman–Crippen LogP) is 3.31. The van der Waals surface area contributed by atoms with Crippen molar-refractivity contribution in [3.8, 4) is 0 Å². The van der Waals surface area contributed by atoms with Gasteiger partial charge in [0.2, 0.25) is 5.91 Å². The molecule has 1 aromatic carbocycles. The van der Waals surface area contributed by atoms with Crippen LogP contribution in [0.4, 0.5) is 0 Å². The standard InChI is InChI=1S/C21H25N3O3S2/c25-21(22-11-5-12-23-14-10-17-6-1-2-8-19(17)23)18-7-3-13-24(16-18)29(26,27)20-9-4-15-28-20/h1-2,4,6,8-10,14-15,18H,3,5,7,11-13,16H2,(H,22,25). The minimum absolute atomic E-state index is 0.0477. The Morgan fingerprint density at radius 1 is 1.17 bits per heavy atom. The summed E-state index contributed by atoms with van der Waals surface area (Å²) in [4.78, 5) is 12.6. The summed E-state index contributed by atoms with van der Waals surface area (Å²) in [5, 5.41) is 5.97. The van der Waals surface area contributed by atoms with Crippen molar-refractivity contribution >= 4 is 38.2 Å². The number of fused-ring (bicyclic) bond motifs is 1. The maximum Gasteiger partial charge on any atom is 0.252 e. The molecule has 0 spiro atoms. The summed E-state index contributed by atoms with van der Waals surface area (Å²) in [6.07, 6.45) is 4.33. The first kappa shape index (κ1) is 20.1. The van der Waals surface area contributed by atoms with E-state index >= 15 is 0 Å². The molecule has 0 radical (unpaired) electrons. The van der Waals surface area contributed by atoms with Crippen molar-refractivity contribution in [2.24, 2.45) is 5.92 Å². The third-order valence-corrected chi connectivity index (χ3v) is 8.64. The summed E-state index contributed by atoms with van der Waals surface area (Å²) in [7, 11) is -3.49. The molecule has 1 fully saturated rings. The maximum absolute atomic E-state index is 12.7. The van der Waals surface area contributed by atoms with E-state index < -0.39 is 10.0 Å². The maximum atomic E-state index is 12.7. The van der Waals surface area contributed by atoms with Crippen LogP contribution in [0.15, 0.2) is 58.3 Å². The molecular formula is C21H25N3O3S2. The van der Waals surface area contributed by atoms with Crippen LogP contribution < -0.4 is 5.32 Å². The zero-order chi connectivity index (χ0) is 20.3. The Morgan fingerprint density at radius 2 is 2.03 bits per heavy atom. The van der Waals surface area contributed by atoms with E-state index in [1.165, 1.54) is 26.5 Å². The number of thiophene rings is 1. The highest BCUT2D eigenvalue weighted by molar-refractivity contribution is 7.91. The summed E-state index contributed by atoms with van der Waals surface area (Å²) in [5.41, 5.74) is 1.19. The lowest BCUT2D eigenvalue weighted by molar-refractivity contribution is -0.126. The Balaban J connectivity index is 1.28. The Kier molecular flexibility index (Phi) is 6.03. The molecule has 1 saturated heterocycles. The van der Waals surface area contributed by atoms with Crippen molar-refractivity contribution in [3.05, 3.63) is 54.0 Å². The van der Waals surface area contributed by atoms with Gasteiger partial charge in [0.1, 0.15) is 4.21 Å². The molecule has 0 saturated carbocycles. The second-order valence-corrected chi connectivity index (χ2v) is 10.5. The molecule has 3 aromatic rings. The fraction of sp³-hybridized carbons (Fsp3) is 0.381. The molecule has 3 heterocycles. The number of hydrogen-bond donors (Lipinski definition) is 1. The molecular weight excluding hydrogens is 406 g/mol. The SMILES string of the molecule is O=C(NCCCn1ccc2ccccc21)C1CCCN(S(=O)(=O)c2cccs2)C1. The van der Waals surface area contributed by atoms with E-state index in [0.717, 1.165) is 19.4 Å². The van der Waals surface area contributed by atoms with Gasteiger partial charge in [0.25, 0.3) is 10.0 Å². The fourth-order valence-electron chi connectivity index (χ4n) is 3.85. The van der Waals surface area contributed by atoms with E-state index in [-0.39, 0.29) is 18.4 Å². The molecule has 1 amide bonds. The lowest BCUT2D eigenvalue weighted by Crippen LogP contribution is -2.45. The summed E-state index contributed by atoms with van der Waals surface area (Å²) in [6, 6.07) is 13.7. The van der Waals surface area contributed by atoms with E-state index in [2.05, 4.69) is 34.3 Å². The third-order valence-electron chi connectivity index (χ3n) is 5.40. The molecule has 1 unspecified atom stereocenters. The van der Waals surface area contributed by atoms with Gasteiger partial charge in [0.05, 0.1) is 5.92 Å². The Hall–Kier alpha value is -2.16. The van der Waals surface area contributed by atoms with Crippen molar-refractivity contribution in [2.45, 2.75) is 30.0 Å². The molecule has 0 bridgehead atoms. The molecule has 4 rings (SSSR count). The molecule has 2 aromatic heterocycles. The smallest absolute Gasteiger partial charge is 0.252 e. The van der Waals surface area contributed by atoms with Crippen LogP contribution in [-0.4, -0.2) is 42.8 Å². The molecule has 29 heavy (non-hydrogen) atoms. The highest BCUT2D eigenvalue weighted by Gasteiger charge is 2.33. The number of aromatic nitrogens is 1. The van der Waals surface area contributed by atoms with Gasteiger partial charge in [0, 0.05) is 37.9 Å². The summed E-state index contributed by atoms with van der Waals surface area (Å²) < 4.78 is 29.4. The molecule has 1 aliphatic rings. The number of carbonyl (C=O) groups is 1. The largest absolute Gasteiger partial charge is 0.356 e. The van der Waals surface area contributed by atoms with Crippen LogP contribution >= 0.6 is 11.3 Å². The van der Waals surface area contributed by atoms with Gasteiger partial charge in [-0.3, -0.25) is 4.79 Å². The highest BCUT2D eigenvalue weighted by Crippen LogP contribution is 2.26. The number of aryl methyl sites for hydroxylation is 1. The number of nitrogens with zero attached hydrogens (tertiary/aromatic N) is 2.